The summed E-state index contributed by atoms with van der Waals surface area (Å²) in [4.78, 5) is 0. The normalized spacial score (nSPS) is 14.8. The van der Waals surface area contributed by atoms with Crippen molar-refractivity contribution in [2.45, 2.75) is 12.5 Å². The number of furan rings is 1. The van der Waals surface area contributed by atoms with Gasteiger partial charge < -0.3 is 19.0 Å². The molecular formula is C13H11BrO4. The number of fused-ring (bicyclic) bond motifs is 1. The SMILES string of the molecule is OC(Cc1ccoc1)c1cc(Br)c2c(c1)OCO2. The van der Waals surface area contributed by atoms with Crippen molar-refractivity contribution >= 4 is 15.9 Å². The Hall–Kier alpha value is -1.46. The summed E-state index contributed by atoms with van der Waals surface area (Å²) < 4.78 is 16.4. The molecule has 18 heavy (non-hydrogen) atoms. The first-order valence-electron chi connectivity index (χ1n) is 5.52. The third-order valence-corrected chi connectivity index (χ3v) is 3.43. The highest BCUT2D eigenvalue weighted by molar-refractivity contribution is 9.10. The van der Waals surface area contributed by atoms with Crippen molar-refractivity contribution in [2.75, 3.05) is 6.79 Å². The molecule has 2 aromatic rings. The topological polar surface area (TPSA) is 51.8 Å². The van der Waals surface area contributed by atoms with Crippen LogP contribution in [-0.4, -0.2) is 11.9 Å². The quantitative estimate of drug-likeness (QED) is 0.946. The average Bonchev–Trinajstić information content (AvgIpc) is 2.98. The van der Waals surface area contributed by atoms with Gasteiger partial charge >= 0.3 is 0 Å². The zero-order chi connectivity index (χ0) is 12.5. The molecular weight excluding hydrogens is 300 g/mol. The molecule has 0 bridgehead atoms. The summed E-state index contributed by atoms with van der Waals surface area (Å²) in [6, 6.07) is 5.49. The highest BCUT2D eigenvalue weighted by atomic mass is 79.9. The Morgan fingerprint density at radius 2 is 2.22 bits per heavy atom. The molecule has 3 rings (SSSR count). The second-order valence-electron chi connectivity index (χ2n) is 4.09. The van der Waals surface area contributed by atoms with E-state index in [9.17, 15) is 5.11 Å². The fraction of sp³-hybridized carbons (Fsp3) is 0.231. The van der Waals surface area contributed by atoms with Crippen LogP contribution >= 0.6 is 15.9 Å². The summed E-state index contributed by atoms with van der Waals surface area (Å²) in [5.41, 5.74) is 1.74. The fourth-order valence-electron chi connectivity index (χ4n) is 1.93. The first-order chi connectivity index (χ1) is 8.74. The average molecular weight is 311 g/mol. The molecule has 1 aromatic heterocycles. The van der Waals surface area contributed by atoms with Gasteiger partial charge in [0.1, 0.15) is 0 Å². The highest BCUT2D eigenvalue weighted by Crippen LogP contribution is 2.41. The van der Waals surface area contributed by atoms with Gasteiger partial charge in [-0.15, -0.1) is 0 Å². The lowest BCUT2D eigenvalue weighted by atomic mass is 10.0. The van der Waals surface area contributed by atoms with Crippen molar-refractivity contribution in [3.63, 3.8) is 0 Å². The molecule has 1 atom stereocenters. The smallest absolute Gasteiger partial charge is 0.231 e. The van der Waals surface area contributed by atoms with Crippen LogP contribution in [0.5, 0.6) is 11.5 Å². The van der Waals surface area contributed by atoms with Crippen LogP contribution < -0.4 is 9.47 Å². The van der Waals surface area contributed by atoms with Gasteiger partial charge in [-0.1, -0.05) is 0 Å². The van der Waals surface area contributed by atoms with E-state index in [1.807, 2.05) is 12.1 Å². The molecule has 1 aromatic carbocycles. The largest absolute Gasteiger partial charge is 0.472 e. The van der Waals surface area contributed by atoms with Crippen molar-refractivity contribution in [1.29, 1.82) is 0 Å². The molecule has 2 heterocycles. The van der Waals surface area contributed by atoms with Crippen LogP contribution in [0.3, 0.4) is 0 Å². The summed E-state index contributed by atoms with van der Waals surface area (Å²) in [5, 5.41) is 10.2. The van der Waals surface area contributed by atoms with E-state index < -0.39 is 6.10 Å². The Bertz CT molecular complexity index is 550. The van der Waals surface area contributed by atoms with Gasteiger partial charge in [-0.25, -0.2) is 0 Å². The Balaban J connectivity index is 1.86. The highest BCUT2D eigenvalue weighted by Gasteiger charge is 2.20. The van der Waals surface area contributed by atoms with Crippen molar-refractivity contribution < 1.29 is 19.0 Å². The standard InChI is InChI=1S/C13H11BrO4/c14-10-4-9(5-12-13(10)18-7-17-12)11(15)3-8-1-2-16-6-8/h1-2,4-6,11,15H,3,7H2. The molecule has 94 valence electrons. The Labute approximate surface area is 112 Å². The van der Waals surface area contributed by atoms with Gasteiger partial charge in [-0.3, -0.25) is 0 Å². The van der Waals surface area contributed by atoms with Crippen LogP contribution in [0.1, 0.15) is 17.2 Å². The van der Waals surface area contributed by atoms with Gasteiger partial charge in [-0.05, 0) is 45.3 Å². The molecule has 0 fully saturated rings. The molecule has 4 nitrogen and oxygen atoms in total. The summed E-state index contributed by atoms with van der Waals surface area (Å²) in [5.74, 6) is 1.35. The van der Waals surface area contributed by atoms with E-state index >= 15 is 0 Å². The van der Waals surface area contributed by atoms with E-state index in [-0.39, 0.29) is 6.79 Å². The fourth-order valence-corrected chi connectivity index (χ4v) is 2.50. The second kappa shape index (κ2) is 4.66. The number of ether oxygens (including phenoxy) is 2. The maximum absolute atomic E-state index is 10.2. The zero-order valence-corrected chi connectivity index (χ0v) is 11.0. The monoisotopic (exact) mass is 310 g/mol. The lowest BCUT2D eigenvalue weighted by molar-refractivity contribution is 0.171. The number of benzene rings is 1. The predicted molar refractivity (Wildman–Crippen MR) is 67.6 cm³/mol. The van der Waals surface area contributed by atoms with E-state index in [0.29, 0.717) is 17.9 Å². The predicted octanol–water partition coefficient (Wildman–Crippen LogP) is 3.05. The van der Waals surface area contributed by atoms with Crippen LogP contribution in [0.2, 0.25) is 0 Å². The molecule has 0 saturated carbocycles. The maximum Gasteiger partial charge on any atom is 0.231 e. The van der Waals surface area contributed by atoms with E-state index in [4.69, 9.17) is 13.9 Å². The van der Waals surface area contributed by atoms with E-state index in [2.05, 4.69) is 15.9 Å². The summed E-state index contributed by atoms with van der Waals surface area (Å²) in [7, 11) is 0. The van der Waals surface area contributed by atoms with E-state index in [1.54, 1.807) is 18.6 Å². The van der Waals surface area contributed by atoms with Gasteiger partial charge in [0.2, 0.25) is 6.79 Å². The lowest BCUT2D eigenvalue weighted by Gasteiger charge is -2.11. The second-order valence-corrected chi connectivity index (χ2v) is 4.94. The molecule has 0 amide bonds. The first kappa shape index (κ1) is 11.6. The van der Waals surface area contributed by atoms with Crippen LogP contribution in [0.25, 0.3) is 0 Å². The summed E-state index contributed by atoms with van der Waals surface area (Å²) in [6.07, 6.45) is 3.12. The molecule has 1 N–H and O–H groups in total. The molecule has 0 saturated heterocycles. The van der Waals surface area contributed by atoms with Crippen LogP contribution in [0.15, 0.2) is 39.6 Å². The number of hydrogen-bond donors (Lipinski definition) is 1. The van der Waals surface area contributed by atoms with Crippen molar-refractivity contribution in [2.24, 2.45) is 0 Å². The zero-order valence-electron chi connectivity index (χ0n) is 9.43. The molecule has 1 unspecified atom stereocenters. The number of aliphatic hydroxyl groups is 1. The number of hydrogen-bond acceptors (Lipinski definition) is 4. The third kappa shape index (κ3) is 2.11. The molecule has 0 aliphatic carbocycles. The maximum atomic E-state index is 10.2. The first-order valence-corrected chi connectivity index (χ1v) is 6.31. The minimum atomic E-state index is -0.603. The molecule has 0 radical (unpaired) electrons. The minimum absolute atomic E-state index is 0.217. The Morgan fingerprint density at radius 3 is 3.00 bits per heavy atom. The van der Waals surface area contributed by atoms with Gasteiger partial charge in [-0.2, -0.15) is 0 Å². The van der Waals surface area contributed by atoms with Gasteiger partial charge in [0.15, 0.2) is 11.5 Å². The minimum Gasteiger partial charge on any atom is -0.472 e. The molecule has 5 heteroatoms. The Morgan fingerprint density at radius 1 is 1.33 bits per heavy atom. The number of halogens is 1. The molecule has 1 aliphatic heterocycles. The van der Waals surface area contributed by atoms with Crippen LogP contribution in [-0.2, 0) is 6.42 Å². The summed E-state index contributed by atoms with van der Waals surface area (Å²) in [6.45, 7) is 0.217. The van der Waals surface area contributed by atoms with Crippen molar-refractivity contribution in [3.8, 4) is 11.5 Å². The summed E-state index contributed by atoms with van der Waals surface area (Å²) >= 11 is 3.41. The van der Waals surface area contributed by atoms with Gasteiger partial charge in [0.25, 0.3) is 0 Å². The molecule has 0 spiro atoms. The Kier molecular flexibility index (Phi) is 3.01. The van der Waals surface area contributed by atoms with Crippen molar-refractivity contribution in [1.82, 2.24) is 0 Å². The number of rotatable bonds is 3. The van der Waals surface area contributed by atoms with Gasteiger partial charge in [0.05, 0.1) is 23.1 Å². The van der Waals surface area contributed by atoms with Gasteiger partial charge in [0, 0.05) is 6.42 Å². The molecule has 1 aliphatic rings. The van der Waals surface area contributed by atoms with Crippen LogP contribution in [0, 0.1) is 0 Å². The lowest BCUT2D eigenvalue weighted by Crippen LogP contribution is -2.01. The third-order valence-electron chi connectivity index (χ3n) is 2.84. The van der Waals surface area contributed by atoms with E-state index in [0.717, 1.165) is 15.6 Å². The van der Waals surface area contributed by atoms with E-state index in [1.165, 1.54) is 0 Å². The number of aliphatic hydroxyl groups excluding tert-OH is 1. The van der Waals surface area contributed by atoms with Crippen LogP contribution in [0.4, 0.5) is 0 Å². The van der Waals surface area contributed by atoms with Crippen molar-refractivity contribution in [3.05, 3.63) is 46.3 Å².